The van der Waals surface area contributed by atoms with Gasteiger partial charge in [-0.05, 0) is 24.3 Å². The van der Waals surface area contributed by atoms with Gasteiger partial charge in [0.15, 0.2) is 0 Å². The number of benzene rings is 1. The molecule has 0 radical (unpaired) electrons. The van der Waals surface area contributed by atoms with Gasteiger partial charge in [-0.2, -0.15) is 0 Å². The first-order valence-electron chi connectivity index (χ1n) is 3.78. The third kappa shape index (κ3) is 2.66. The van der Waals surface area contributed by atoms with Crippen molar-refractivity contribution < 1.29 is 4.79 Å². The third-order valence-corrected chi connectivity index (χ3v) is 1.98. The van der Waals surface area contributed by atoms with Gasteiger partial charge in [0.1, 0.15) is 0 Å². The lowest BCUT2D eigenvalue weighted by atomic mass is 10.3. The van der Waals surface area contributed by atoms with E-state index in [1.54, 1.807) is 0 Å². The average Bonchev–Trinajstić information content (AvgIpc) is 2.09. The highest BCUT2D eigenvalue weighted by molar-refractivity contribution is 9.10. The fraction of sp³-hybridized carbons (Fsp3) is 0.222. The first kappa shape index (κ1) is 9.26. The molecule has 1 rings (SSSR count). The van der Waals surface area contributed by atoms with E-state index in [1.165, 1.54) is 0 Å². The zero-order valence-corrected chi connectivity index (χ0v) is 8.39. The molecule has 0 aliphatic rings. The number of nitrogens with one attached hydrogen (secondary N) is 1. The summed E-state index contributed by atoms with van der Waals surface area (Å²) in [4.78, 5) is 10.9. The Morgan fingerprint density at radius 3 is 2.50 bits per heavy atom. The topological polar surface area (TPSA) is 29.1 Å². The standard InChI is InChI=1S/C9H10BrNO/c1-2-9(12)11-8-5-3-7(10)4-6-8/h3-6H,2H2,1H3,(H,11,12). The Bertz CT molecular complexity index is 268. The van der Waals surface area contributed by atoms with Crippen molar-refractivity contribution >= 4 is 27.5 Å². The fourth-order valence-electron chi connectivity index (χ4n) is 0.783. The fourth-order valence-corrected chi connectivity index (χ4v) is 1.05. The van der Waals surface area contributed by atoms with E-state index in [0.29, 0.717) is 6.42 Å². The van der Waals surface area contributed by atoms with Crippen LogP contribution >= 0.6 is 15.9 Å². The van der Waals surface area contributed by atoms with Crippen molar-refractivity contribution in [3.05, 3.63) is 28.7 Å². The zero-order valence-electron chi connectivity index (χ0n) is 6.80. The SMILES string of the molecule is CCC(=O)Nc1ccc(Br)cc1. The predicted molar refractivity (Wildman–Crippen MR) is 53.1 cm³/mol. The number of halogens is 1. The molecule has 2 nitrogen and oxygen atoms in total. The van der Waals surface area contributed by atoms with E-state index in [2.05, 4.69) is 21.2 Å². The summed E-state index contributed by atoms with van der Waals surface area (Å²) in [6.07, 6.45) is 0.510. The first-order chi connectivity index (χ1) is 5.72. The molecule has 1 amide bonds. The summed E-state index contributed by atoms with van der Waals surface area (Å²) in [5.74, 6) is 0.0392. The molecule has 12 heavy (non-hydrogen) atoms. The summed E-state index contributed by atoms with van der Waals surface area (Å²) in [6.45, 7) is 1.83. The number of anilines is 1. The number of hydrogen-bond acceptors (Lipinski definition) is 1. The van der Waals surface area contributed by atoms with E-state index in [9.17, 15) is 4.79 Å². The van der Waals surface area contributed by atoms with E-state index in [0.717, 1.165) is 10.2 Å². The molecule has 0 aromatic heterocycles. The second kappa shape index (κ2) is 4.26. The molecule has 64 valence electrons. The largest absolute Gasteiger partial charge is 0.326 e. The van der Waals surface area contributed by atoms with Crippen LogP contribution in [0.2, 0.25) is 0 Å². The van der Waals surface area contributed by atoms with Gasteiger partial charge in [0.2, 0.25) is 5.91 Å². The minimum atomic E-state index is 0.0392. The molecule has 0 aliphatic carbocycles. The molecule has 1 aromatic carbocycles. The van der Waals surface area contributed by atoms with Gasteiger partial charge in [-0.25, -0.2) is 0 Å². The molecule has 0 saturated carbocycles. The van der Waals surface area contributed by atoms with Crippen LogP contribution in [0.5, 0.6) is 0 Å². The van der Waals surface area contributed by atoms with Gasteiger partial charge in [0.05, 0.1) is 0 Å². The summed E-state index contributed by atoms with van der Waals surface area (Å²) >= 11 is 3.32. The number of carbonyl (C=O) groups is 1. The second-order valence-corrected chi connectivity index (χ2v) is 3.32. The van der Waals surface area contributed by atoms with Gasteiger partial charge in [-0.3, -0.25) is 4.79 Å². The molecular formula is C9H10BrNO. The van der Waals surface area contributed by atoms with Gasteiger partial charge >= 0.3 is 0 Å². The van der Waals surface area contributed by atoms with Crippen LogP contribution < -0.4 is 5.32 Å². The van der Waals surface area contributed by atoms with Crippen molar-refractivity contribution in [3.8, 4) is 0 Å². The van der Waals surface area contributed by atoms with E-state index < -0.39 is 0 Å². The van der Waals surface area contributed by atoms with Gasteiger partial charge in [0.25, 0.3) is 0 Å². The minimum Gasteiger partial charge on any atom is -0.326 e. The Kier molecular flexibility index (Phi) is 3.29. The highest BCUT2D eigenvalue weighted by Gasteiger charge is 1.96. The van der Waals surface area contributed by atoms with Crippen LogP contribution in [-0.2, 0) is 4.79 Å². The van der Waals surface area contributed by atoms with Crippen molar-refractivity contribution in [3.63, 3.8) is 0 Å². The van der Waals surface area contributed by atoms with Gasteiger partial charge in [-0.1, -0.05) is 22.9 Å². The Morgan fingerprint density at radius 2 is 2.00 bits per heavy atom. The Labute approximate surface area is 80.1 Å². The summed E-state index contributed by atoms with van der Waals surface area (Å²) in [5, 5.41) is 2.76. The van der Waals surface area contributed by atoms with Gasteiger partial charge in [0, 0.05) is 16.6 Å². The lowest BCUT2D eigenvalue weighted by molar-refractivity contribution is -0.115. The number of carbonyl (C=O) groups excluding carboxylic acids is 1. The molecule has 0 unspecified atom stereocenters. The predicted octanol–water partition coefficient (Wildman–Crippen LogP) is 2.80. The molecule has 0 aliphatic heterocycles. The molecular weight excluding hydrogens is 218 g/mol. The highest BCUT2D eigenvalue weighted by atomic mass is 79.9. The summed E-state index contributed by atoms with van der Waals surface area (Å²) in [6, 6.07) is 7.51. The second-order valence-electron chi connectivity index (χ2n) is 2.41. The van der Waals surface area contributed by atoms with Gasteiger partial charge in [-0.15, -0.1) is 0 Å². The average molecular weight is 228 g/mol. The minimum absolute atomic E-state index is 0.0392. The molecule has 0 bridgehead atoms. The van der Waals surface area contributed by atoms with E-state index >= 15 is 0 Å². The maximum atomic E-state index is 10.9. The van der Waals surface area contributed by atoms with Crippen LogP contribution in [0, 0.1) is 0 Å². The highest BCUT2D eigenvalue weighted by Crippen LogP contribution is 2.13. The van der Waals surface area contributed by atoms with Crippen molar-refractivity contribution in [2.45, 2.75) is 13.3 Å². The van der Waals surface area contributed by atoms with Crippen LogP contribution in [0.1, 0.15) is 13.3 Å². The van der Waals surface area contributed by atoms with Crippen LogP contribution in [0.3, 0.4) is 0 Å². The maximum absolute atomic E-state index is 10.9. The number of hydrogen-bond donors (Lipinski definition) is 1. The lowest BCUT2D eigenvalue weighted by Crippen LogP contribution is -2.08. The van der Waals surface area contributed by atoms with Crippen molar-refractivity contribution in [2.24, 2.45) is 0 Å². The smallest absolute Gasteiger partial charge is 0.224 e. The normalized spacial score (nSPS) is 9.50. The molecule has 0 heterocycles. The third-order valence-electron chi connectivity index (χ3n) is 1.45. The van der Waals surface area contributed by atoms with Crippen LogP contribution in [0.15, 0.2) is 28.7 Å². The van der Waals surface area contributed by atoms with Crippen LogP contribution in [0.4, 0.5) is 5.69 Å². The number of amides is 1. The zero-order chi connectivity index (χ0) is 8.97. The first-order valence-corrected chi connectivity index (χ1v) is 4.57. The summed E-state index contributed by atoms with van der Waals surface area (Å²) < 4.78 is 1.01. The molecule has 1 aromatic rings. The summed E-state index contributed by atoms with van der Waals surface area (Å²) in [5.41, 5.74) is 0.838. The molecule has 0 fully saturated rings. The Hall–Kier alpha value is -0.830. The van der Waals surface area contributed by atoms with Gasteiger partial charge < -0.3 is 5.32 Å². The summed E-state index contributed by atoms with van der Waals surface area (Å²) in [7, 11) is 0. The van der Waals surface area contributed by atoms with E-state index in [4.69, 9.17) is 0 Å². The van der Waals surface area contributed by atoms with Crippen LogP contribution in [0.25, 0.3) is 0 Å². The van der Waals surface area contributed by atoms with Crippen molar-refractivity contribution in [1.29, 1.82) is 0 Å². The number of rotatable bonds is 2. The molecule has 0 saturated heterocycles. The molecule has 3 heteroatoms. The maximum Gasteiger partial charge on any atom is 0.224 e. The van der Waals surface area contributed by atoms with E-state index in [1.807, 2.05) is 31.2 Å². The van der Waals surface area contributed by atoms with Crippen LogP contribution in [-0.4, -0.2) is 5.91 Å². The van der Waals surface area contributed by atoms with Crippen molar-refractivity contribution in [1.82, 2.24) is 0 Å². The molecule has 0 spiro atoms. The quantitative estimate of drug-likeness (QED) is 0.828. The van der Waals surface area contributed by atoms with Crippen molar-refractivity contribution in [2.75, 3.05) is 5.32 Å². The molecule has 0 atom stereocenters. The Balaban J connectivity index is 2.64. The lowest BCUT2D eigenvalue weighted by Gasteiger charge is -2.02. The monoisotopic (exact) mass is 227 g/mol. The Morgan fingerprint density at radius 1 is 1.42 bits per heavy atom. The molecule has 1 N–H and O–H groups in total. The van der Waals surface area contributed by atoms with E-state index in [-0.39, 0.29) is 5.91 Å².